The Bertz CT molecular complexity index is 400. The number of ether oxygens (including phenoxy) is 1. The van der Waals surface area contributed by atoms with Gasteiger partial charge in [0.05, 0.1) is 18.5 Å². The second-order valence-corrected chi connectivity index (χ2v) is 5.40. The first-order valence-corrected chi connectivity index (χ1v) is 7.09. The van der Waals surface area contributed by atoms with Gasteiger partial charge in [-0.15, -0.1) is 0 Å². The van der Waals surface area contributed by atoms with Gasteiger partial charge in [-0.1, -0.05) is 6.92 Å². The van der Waals surface area contributed by atoms with Crippen LogP contribution in [0.1, 0.15) is 19.8 Å². The lowest BCUT2D eigenvalue weighted by Crippen LogP contribution is -2.36. The molecule has 3 N–H and O–H groups in total. The summed E-state index contributed by atoms with van der Waals surface area (Å²) in [5.74, 6) is 1.69. The number of piperidine rings is 1. The van der Waals surface area contributed by atoms with Gasteiger partial charge in [-0.2, -0.15) is 0 Å². The highest BCUT2D eigenvalue weighted by Gasteiger charge is 2.14. The highest BCUT2D eigenvalue weighted by Crippen LogP contribution is 2.23. The Morgan fingerprint density at radius 1 is 1.37 bits per heavy atom. The number of benzene rings is 1. The van der Waals surface area contributed by atoms with Gasteiger partial charge in [-0.25, -0.2) is 0 Å². The highest BCUT2D eigenvalue weighted by atomic mass is 16.5. The van der Waals surface area contributed by atoms with Gasteiger partial charge in [0.1, 0.15) is 5.75 Å². The van der Waals surface area contributed by atoms with E-state index < -0.39 is 0 Å². The molecule has 0 spiro atoms. The van der Waals surface area contributed by atoms with E-state index in [-0.39, 0.29) is 0 Å². The molecule has 106 valence electrons. The quantitative estimate of drug-likeness (QED) is 0.801. The third-order valence-electron chi connectivity index (χ3n) is 3.88. The number of anilines is 2. The monoisotopic (exact) mass is 263 g/mol. The van der Waals surface area contributed by atoms with E-state index >= 15 is 0 Å². The molecule has 0 radical (unpaired) electrons. The topological polar surface area (TPSA) is 50.5 Å². The average Bonchev–Trinajstić information content (AvgIpc) is 2.42. The summed E-state index contributed by atoms with van der Waals surface area (Å²) in [6, 6.07) is 5.76. The summed E-state index contributed by atoms with van der Waals surface area (Å²) >= 11 is 0. The van der Waals surface area contributed by atoms with Gasteiger partial charge in [0.15, 0.2) is 0 Å². The molecule has 0 aliphatic carbocycles. The van der Waals surface area contributed by atoms with Gasteiger partial charge in [0, 0.05) is 19.2 Å². The minimum Gasteiger partial charge on any atom is -0.497 e. The van der Waals surface area contributed by atoms with E-state index in [9.17, 15) is 0 Å². The molecule has 0 unspecified atom stereocenters. The predicted molar refractivity (Wildman–Crippen MR) is 80.7 cm³/mol. The van der Waals surface area contributed by atoms with Crippen LogP contribution in [0.25, 0.3) is 0 Å². The zero-order valence-electron chi connectivity index (χ0n) is 12.0. The molecule has 1 aliphatic heterocycles. The summed E-state index contributed by atoms with van der Waals surface area (Å²) in [6.45, 7) is 6.80. The lowest BCUT2D eigenvalue weighted by Gasteiger charge is -2.30. The van der Waals surface area contributed by atoms with Crippen molar-refractivity contribution in [3.8, 4) is 5.75 Å². The summed E-state index contributed by atoms with van der Waals surface area (Å²) in [5, 5.41) is 3.40. The van der Waals surface area contributed by atoms with Crippen LogP contribution in [0, 0.1) is 5.92 Å². The smallest absolute Gasteiger partial charge is 0.121 e. The molecular weight excluding hydrogens is 238 g/mol. The number of nitrogens with two attached hydrogens (primary N) is 1. The van der Waals surface area contributed by atoms with Crippen molar-refractivity contribution in [2.45, 2.75) is 19.8 Å². The molecule has 4 nitrogen and oxygen atoms in total. The fourth-order valence-corrected chi connectivity index (χ4v) is 2.46. The second kappa shape index (κ2) is 6.66. The summed E-state index contributed by atoms with van der Waals surface area (Å²) < 4.78 is 5.14. The molecular formula is C15H25N3O. The van der Waals surface area contributed by atoms with Crippen LogP contribution in [0.2, 0.25) is 0 Å². The lowest BCUT2D eigenvalue weighted by atomic mass is 9.99. The SMILES string of the molecule is COc1ccc(NCCN2CCC(C)CC2)c(N)c1. The molecule has 1 aromatic carbocycles. The van der Waals surface area contributed by atoms with Crippen LogP contribution in [0.4, 0.5) is 11.4 Å². The summed E-state index contributed by atoms with van der Waals surface area (Å²) in [6.07, 6.45) is 2.65. The Balaban J connectivity index is 1.76. The lowest BCUT2D eigenvalue weighted by molar-refractivity contribution is 0.199. The van der Waals surface area contributed by atoms with E-state index in [1.165, 1.54) is 25.9 Å². The van der Waals surface area contributed by atoms with Crippen LogP contribution in [-0.4, -0.2) is 38.2 Å². The van der Waals surface area contributed by atoms with Crippen molar-refractivity contribution in [2.24, 2.45) is 5.92 Å². The van der Waals surface area contributed by atoms with Crippen molar-refractivity contribution in [1.82, 2.24) is 4.90 Å². The van der Waals surface area contributed by atoms with Crippen molar-refractivity contribution >= 4 is 11.4 Å². The predicted octanol–water partition coefficient (Wildman–Crippen LogP) is 2.42. The molecule has 19 heavy (non-hydrogen) atoms. The van der Waals surface area contributed by atoms with E-state index in [1.807, 2.05) is 18.2 Å². The maximum Gasteiger partial charge on any atom is 0.121 e. The third-order valence-corrected chi connectivity index (χ3v) is 3.88. The van der Waals surface area contributed by atoms with E-state index in [0.717, 1.165) is 36.1 Å². The number of hydrogen-bond donors (Lipinski definition) is 2. The molecule has 1 aliphatic rings. The van der Waals surface area contributed by atoms with Gasteiger partial charge >= 0.3 is 0 Å². The summed E-state index contributed by atoms with van der Waals surface area (Å²) in [7, 11) is 1.65. The Kier molecular flexibility index (Phi) is 4.91. The van der Waals surface area contributed by atoms with Gasteiger partial charge in [0.25, 0.3) is 0 Å². The van der Waals surface area contributed by atoms with Crippen LogP contribution >= 0.6 is 0 Å². The largest absolute Gasteiger partial charge is 0.497 e. The first-order valence-electron chi connectivity index (χ1n) is 7.09. The molecule has 4 heteroatoms. The van der Waals surface area contributed by atoms with Crippen molar-refractivity contribution in [3.05, 3.63) is 18.2 Å². The molecule has 1 saturated heterocycles. The molecule has 0 atom stereocenters. The molecule has 0 bridgehead atoms. The van der Waals surface area contributed by atoms with E-state index in [0.29, 0.717) is 0 Å². The van der Waals surface area contributed by atoms with Gasteiger partial charge in [0.2, 0.25) is 0 Å². The van der Waals surface area contributed by atoms with Crippen LogP contribution in [0.3, 0.4) is 0 Å². The average molecular weight is 263 g/mol. The van der Waals surface area contributed by atoms with Crippen molar-refractivity contribution in [2.75, 3.05) is 44.3 Å². The standard InChI is InChI=1S/C15H25N3O/c1-12-5-8-18(9-6-12)10-7-17-15-4-3-13(19-2)11-14(15)16/h3-4,11-12,17H,5-10,16H2,1-2H3. The summed E-state index contributed by atoms with van der Waals surface area (Å²) in [4.78, 5) is 2.52. The Hall–Kier alpha value is -1.42. The maximum atomic E-state index is 5.98. The van der Waals surface area contributed by atoms with Gasteiger partial charge in [-0.05, 0) is 44.0 Å². The number of nitrogens with zero attached hydrogens (tertiary/aromatic N) is 1. The molecule has 1 heterocycles. The van der Waals surface area contributed by atoms with E-state index in [4.69, 9.17) is 10.5 Å². The Labute approximate surface area is 115 Å². The number of nitrogens with one attached hydrogen (secondary N) is 1. The molecule has 0 saturated carbocycles. The van der Waals surface area contributed by atoms with Crippen LogP contribution in [-0.2, 0) is 0 Å². The zero-order chi connectivity index (χ0) is 13.7. The van der Waals surface area contributed by atoms with E-state index in [2.05, 4.69) is 17.1 Å². The Morgan fingerprint density at radius 2 is 2.11 bits per heavy atom. The minimum atomic E-state index is 0.742. The molecule has 0 aromatic heterocycles. The number of methoxy groups -OCH3 is 1. The zero-order valence-corrected chi connectivity index (χ0v) is 12.0. The number of likely N-dealkylation sites (tertiary alicyclic amines) is 1. The first-order chi connectivity index (χ1) is 9.19. The molecule has 2 rings (SSSR count). The maximum absolute atomic E-state index is 5.98. The van der Waals surface area contributed by atoms with Crippen LogP contribution in [0.15, 0.2) is 18.2 Å². The fourth-order valence-electron chi connectivity index (χ4n) is 2.46. The molecule has 1 fully saturated rings. The first kappa shape index (κ1) is 14.0. The van der Waals surface area contributed by atoms with Crippen molar-refractivity contribution < 1.29 is 4.74 Å². The van der Waals surface area contributed by atoms with Gasteiger partial charge in [-0.3, -0.25) is 0 Å². The number of nitrogen functional groups attached to an aromatic ring is 1. The number of hydrogen-bond acceptors (Lipinski definition) is 4. The van der Waals surface area contributed by atoms with Crippen LogP contribution < -0.4 is 15.8 Å². The molecule has 1 aromatic rings. The normalized spacial score (nSPS) is 17.4. The minimum absolute atomic E-state index is 0.742. The fraction of sp³-hybridized carbons (Fsp3) is 0.600. The highest BCUT2D eigenvalue weighted by molar-refractivity contribution is 5.68. The number of rotatable bonds is 5. The molecule has 0 amide bonds. The summed E-state index contributed by atoms with van der Waals surface area (Å²) in [5.41, 5.74) is 7.71. The van der Waals surface area contributed by atoms with Gasteiger partial charge < -0.3 is 20.7 Å². The second-order valence-electron chi connectivity index (χ2n) is 5.40. The van der Waals surface area contributed by atoms with Crippen molar-refractivity contribution in [3.63, 3.8) is 0 Å². The van der Waals surface area contributed by atoms with Crippen molar-refractivity contribution in [1.29, 1.82) is 0 Å². The van der Waals surface area contributed by atoms with Crippen LogP contribution in [0.5, 0.6) is 5.75 Å². The third kappa shape index (κ3) is 4.03. The Morgan fingerprint density at radius 3 is 2.74 bits per heavy atom. The van der Waals surface area contributed by atoms with E-state index in [1.54, 1.807) is 7.11 Å².